The maximum Gasteiger partial charge on any atom is 0.336 e. The van der Waals surface area contributed by atoms with Crippen molar-refractivity contribution < 1.29 is 9.90 Å². The van der Waals surface area contributed by atoms with E-state index in [1.807, 2.05) is 0 Å². The van der Waals surface area contributed by atoms with Gasteiger partial charge in [-0.2, -0.15) is 5.10 Å². The van der Waals surface area contributed by atoms with Crippen molar-refractivity contribution in [2.24, 2.45) is 7.05 Å². The molecule has 0 atom stereocenters. The number of fused-ring (bicyclic) bond motifs is 1. The van der Waals surface area contributed by atoms with Crippen LogP contribution in [0.15, 0.2) is 16.9 Å². The number of aryl methyl sites for hydroxylation is 1. The molecule has 0 aliphatic heterocycles. The molecule has 5 nitrogen and oxygen atoms in total. The van der Waals surface area contributed by atoms with Gasteiger partial charge in [-0.25, -0.2) is 14.5 Å². The molecule has 0 spiro atoms. The largest absolute Gasteiger partial charge is 0.478 e. The number of aromatic carboxylic acids is 1. The molecular weight excluding hydrogens is 250 g/mol. The molecule has 0 aromatic carbocycles. The predicted molar refractivity (Wildman–Crippen MR) is 53.2 cm³/mol. The molecule has 2 aromatic heterocycles. The topological polar surface area (TPSA) is 68.0 Å². The predicted octanol–water partition coefficient (Wildman–Crippen LogP) is 1.43. The smallest absolute Gasteiger partial charge is 0.336 e. The van der Waals surface area contributed by atoms with Crippen molar-refractivity contribution >= 4 is 32.9 Å². The molecule has 0 amide bonds. The fraction of sp³-hybridized carbons (Fsp3) is 0.125. The Balaban J connectivity index is 2.92. The van der Waals surface area contributed by atoms with Crippen molar-refractivity contribution in [1.29, 1.82) is 0 Å². The third-order valence-corrected chi connectivity index (χ3v) is 2.47. The van der Waals surface area contributed by atoms with Crippen LogP contribution in [0.4, 0.5) is 0 Å². The van der Waals surface area contributed by atoms with Gasteiger partial charge in [-0.3, -0.25) is 0 Å². The van der Waals surface area contributed by atoms with E-state index in [1.165, 1.54) is 16.9 Å². The van der Waals surface area contributed by atoms with Gasteiger partial charge >= 0.3 is 5.97 Å². The van der Waals surface area contributed by atoms with Gasteiger partial charge in [0.1, 0.15) is 4.60 Å². The molecule has 0 fully saturated rings. The highest BCUT2D eigenvalue weighted by atomic mass is 79.9. The van der Waals surface area contributed by atoms with E-state index in [4.69, 9.17) is 5.11 Å². The molecule has 0 radical (unpaired) electrons. The van der Waals surface area contributed by atoms with E-state index in [-0.39, 0.29) is 5.56 Å². The lowest BCUT2D eigenvalue weighted by Crippen LogP contribution is -1.98. The van der Waals surface area contributed by atoms with Gasteiger partial charge in [-0.05, 0) is 22.0 Å². The zero-order valence-corrected chi connectivity index (χ0v) is 8.82. The number of carbonyl (C=O) groups is 1. The number of halogens is 1. The van der Waals surface area contributed by atoms with Crippen molar-refractivity contribution in [2.45, 2.75) is 0 Å². The van der Waals surface area contributed by atoms with Crippen LogP contribution < -0.4 is 0 Å². The first-order chi connectivity index (χ1) is 6.61. The van der Waals surface area contributed by atoms with Crippen LogP contribution in [-0.4, -0.2) is 25.8 Å². The number of carboxylic acid groups (broad SMARTS) is 1. The Morgan fingerprint density at radius 3 is 3.00 bits per heavy atom. The fourth-order valence-corrected chi connectivity index (χ4v) is 1.94. The van der Waals surface area contributed by atoms with Crippen LogP contribution in [0.25, 0.3) is 11.0 Å². The van der Waals surface area contributed by atoms with Gasteiger partial charge in [0.2, 0.25) is 0 Å². The third-order valence-electron chi connectivity index (χ3n) is 1.91. The normalized spacial score (nSPS) is 10.7. The average Bonchev–Trinajstić information content (AvgIpc) is 2.43. The summed E-state index contributed by atoms with van der Waals surface area (Å²) in [6, 6.07) is 1.46. The van der Waals surface area contributed by atoms with Gasteiger partial charge in [-0.15, -0.1) is 0 Å². The Hall–Kier alpha value is -1.43. The first kappa shape index (κ1) is 9.14. The second-order valence-electron chi connectivity index (χ2n) is 2.78. The standard InChI is InChI=1S/C8H6BrN3O2/c1-12-7-5(6(9)11-12)4(8(13)14)2-3-10-7/h2-3H,1H3,(H,13,14). The summed E-state index contributed by atoms with van der Waals surface area (Å²) >= 11 is 3.20. The zero-order chi connectivity index (χ0) is 10.3. The molecule has 0 saturated heterocycles. The Morgan fingerprint density at radius 1 is 1.64 bits per heavy atom. The summed E-state index contributed by atoms with van der Waals surface area (Å²) in [5, 5.41) is 13.5. The van der Waals surface area contributed by atoms with E-state index in [2.05, 4.69) is 26.0 Å². The summed E-state index contributed by atoms with van der Waals surface area (Å²) in [6.45, 7) is 0. The summed E-state index contributed by atoms with van der Waals surface area (Å²) in [4.78, 5) is 14.9. The Morgan fingerprint density at radius 2 is 2.36 bits per heavy atom. The number of aromatic nitrogens is 3. The van der Waals surface area contributed by atoms with Crippen molar-refractivity contribution in [2.75, 3.05) is 0 Å². The molecule has 0 aliphatic rings. The third kappa shape index (κ3) is 1.19. The summed E-state index contributed by atoms with van der Waals surface area (Å²) in [6.07, 6.45) is 1.46. The second kappa shape index (κ2) is 3.06. The average molecular weight is 256 g/mol. The minimum atomic E-state index is -0.980. The minimum Gasteiger partial charge on any atom is -0.478 e. The van der Waals surface area contributed by atoms with Crippen LogP contribution in [0.3, 0.4) is 0 Å². The first-order valence-corrected chi connectivity index (χ1v) is 4.61. The molecular formula is C8H6BrN3O2. The molecule has 0 saturated carbocycles. The van der Waals surface area contributed by atoms with Crippen molar-refractivity contribution in [3.05, 3.63) is 22.4 Å². The second-order valence-corrected chi connectivity index (χ2v) is 3.53. The van der Waals surface area contributed by atoms with Gasteiger partial charge in [0.25, 0.3) is 0 Å². The van der Waals surface area contributed by atoms with Crippen LogP contribution in [0.1, 0.15) is 10.4 Å². The number of pyridine rings is 1. The maximum absolute atomic E-state index is 10.9. The number of carboxylic acids is 1. The van der Waals surface area contributed by atoms with Crippen LogP contribution in [0.5, 0.6) is 0 Å². The molecule has 6 heteroatoms. The first-order valence-electron chi connectivity index (χ1n) is 3.81. The van der Waals surface area contributed by atoms with Crippen LogP contribution in [-0.2, 0) is 7.05 Å². The lowest BCUT2D eigenvalue weighted by atomic mass is 10.2. The molecule has 0 unspecified atom stereocenters. The summed E-state index contributed by atoms with van der Waals surface area (Å²) in [7, 11) is 1.71. The number of nitrogens with zero attached hydrogens (tertiary/aromatic N) is 3. The van der Waals surface area contributed by atoms with Crippen LogP contribution in [0.2, 0.25) is 0 Å². The van der Waals surface area contributed by atoms with Crippen molar-refractivity contribution in [3.63, 3.8) is 0 Å². The maximum atomic E-state index is 10.9. The summed E-state index contributed by atoms with van der Waals surface area (Å²) < 4.78 is 2.03. The molecule has 72 valence electrons. The van der Waals surface area contributed by atoms with Crippen LogP contribution in [0, 0.1) is 0 Å². The minimum absolute atomic E-state index is 0.204. The van der Waals surface area contributed by atoms with E-state index in [0.29, 0.717) is 15.6 Å². The van der Waals surface area contributed by atoms with E-state index in [0.717, 1.165) is 0 Å². The van der Waals surface area contributed by atoms with Crippen molar-refractivity contribution in [1.82, 2.24) is 14.8 Å². The van der Waals surface area contributed by atoms with E-state index >= 15 is 0 Å². The van der Waals surface area contributed by atoms with E-state index < -0.39 is 5.97 Å². The summed E-state index contributed by atoms with van der Waals surface area (Å²) in [5.41, 5.74) is 0.756. The van der Waals surface area contributed by atoms with Gasteiger partial charge in [0, 0.05) is 13.2 Å². The highest BCUT2D eigenvalue weighted by Crippen LogP contribution is 2.24. The molecule has 0 bridgehead atoms. The Labute approximate surface area is 87.5 Å². The highest BCUT2D eigenvalue weighted by molar-refractivity contribution is 9.10. The molecule has 0 aliphatic carbocycles. The SMILES string of the molecule is Cn1nc(Br)c2c(C(=O)O)ccnc21. The molecule has 2 rings (SSSR count). The number of hydrogen-bond acceptors (Lipinski definition) is 3. The number of hydrogen-bond donors (Lipinski definition) is 1. The van der Waals surface area contributed by atoms with Gasteiger partial charge in [-0.1, -0.05) is 0 Å². The number of rotatable bonds is 1. The molecule has 2 aromatic rings. The highest BCUT2D eigenvalue weighted by Gasteiger charge is 2.15. The van der Waals surface area contributed by atoms with Gasteiger partial charge in [0.15, 0.2) is 5.65 Å². The van der Waals surface area contributed by atoms with Crippen molar-refractivity contribution in [3.8, 4) is 0 Å². The molecule has 14 heavy (non-hydrogen) atoms. The van der Waals surface area contributed by atoms with Crippen LogP contribution >= 0.6 is 15.9 Å². The zero-order valence-electron chi connectivity index (χ0n) is 7.23. The van der Waals surface area contributed by atoms with E-state index in [1.54, 1.807) is 7.05 Å². The Kier molecular flexibility index (Phi) is 1.99. The lowest BCUT2D eigenvalue weighted by Gasteiger charge is -1.96. The van der Waals surface area contributed by atoms with Gasteiger partial charge < -0.3 is 5.11 Å². The quantitative estimate of drug-likeness (QED) is 0.837. The monoisotopic (exact) mass is 255 g/mol. The van der Waals surface area contributed by atoms with E-state index in [9.17, 15) is 4.79 Å². The van der Waals surface area contributed by atoms with Gasteiger partial charge in [0.05, 0.1) is 10.9 Å². The lowest BCUT2D eigenvalue weighted by molar-refractivity contribution is 0.0699. The molecule has 1 N–H and O–H groups in total. The molecule has 2 heterocycles. The summed E-state index contributed by atoms with van der Waals surface area (Å²) in [5.74, 6) is -0.980. The Bertz CT molecular complexity index is 521. The fourth-order valence-electron chi connectivity index (χ4n) is 1.31.